The van der Waals surface area contributed by atoms with Gasteiger partial charge in [0.1, 0.15) is 36.6 Å². The number of aliphatic hydroxyl groups excluding tert-OH is 5. The lowest BCUT2D eigenvalue weighted by atomic mass is 9.85. The summed E-state index contributed by atoms with van der Waals surface area (Å²) in [6.45, 7) is 2.93. The second kappa shape index (κ2) is 6.40. The van der Waals surface area contributed by atoms with Crippen LogP contribution in [-0.2, 0) is 13.6 Å². The molecule has 1 aliphatic rings. The highest BCUT2D eigenvalue weighted by molar-refractivity contribution is 7.47. The molecule has 0 amide bonds. The monoisotopic (exact) mass is 300 g/mol. The van der Waals surface area contributed by atoms with Crippen molar-refractivity contribution in [1.29, 1.82) is 0 Å². The Morgan fingerprint density at radius 2 is 1.42 bits per heavy atom. The summed E-state index contributed by atoms with van der Waals surface area (Å²) in [4.78, 5) is 9.29. The second-order valence-corrected chi connectivity index (χ2v) is 5.48. The summed E-state index contributed by atoms with van der Waals surface area (Å²) in [5.74, 6) is 0. The van der Waals surface area contributed by atoms with E-state index in [0.29, 0.717) is 0 Å². The van der Waals surface area contributed by atoms with Gasteiger partial charge in [0.25, 0.3) is 0 Å². The number of hydrogen-bond donors (Lipinski definition) is 6. The SMILES string of the molecule is C=CCOP(=O)(O)OC1[C@H](O)[C@H](O)C(O)[C@H](O)[C@H]1O. The predicted molar refractivity (Wildman–Crippen MR) is 60.9 cm³/mol. The van der Waals surface area contributed by atoms with Crippen LogP contribution >= 0.6 is 7.82 Å². The lowest BCUT2D eigenvalue weighted by Crippen LogP contribution is -2.64. The zero-order chi connectivity index (χ0) is 14.8. The molecule has 1 aliphatic carbocycles. The molecule has 10 heteroatoms. The van der Waals surface area contributed by atoms with Crippen molar-refractivity contribution in [3.63, 3.8) is 0 Å². The molecule has 9 nitrogen and oxygen atoms in total. The summed E-state index contributed by atoms with van der Waals surface area (Å²) in [6.07, 6.45) is -9.87. The van der Waals surface area contributed by atoms with E-state index in [1.807, 2.05) is 0 Å². The van der Waals surface area contributed by atoms with Gasteiger partial charge in [-0.3, -0.25) is 9.05 Å². The van der Waals surface area contributed by atoms with Crippen LogP contribution in [0.5, 0.6) is 0 Å². The molecule has 7 atom stereocenters. The van der Waals surface area contributed by atoms with Crippen LogP contribution in [0.3, 0.4) is 0 Å². The molecular formula is C9H17O9P. The summed E-state index contributed by atoms with van der Waals surface area (Å²) in [5.41, 5.74) is 0. The number of rotatable bonds is 5. The third-order valence-corrected chi connectivity index (χ3v) is 3.67. The van der Waals surface area contributed by atoms with Gasteiger partial charge in [-0.15, -0.1) is 6.58 Å². The minimum Gasteiger partial charge on any atom is -0.387 e. The van der Waals surface area contributed by atoms with E-state index in [1.165, 1.54) is 6.08 Å². The molecule has 0 aromatic carbocycles. The van der Waals surface area contributed by atoms with Crippen molar-refractivity contribution in [2.75, 3.05) is 6.61 Å². The quantitative estimate of drug-likeness (QED) is 0.238. The summed E-state index contributed by atoms with van der Waals surface area (Å²) in [5, 5.41) is 47.2. The zero-order valence-electron chi connectivity index (χ0n) is 9.81. The van der Waals surface area contributed by atoms with Crippen LogP contribution < -0.4 is 0 Å². The molecule has 0 radical (unpaired) electrons. The Labute approximate surface area is 109 Å². The van der Waals surface area contributed by atoms with E-state index in [-0.39, 0.29) is 6.61 Å². The average molecular weight is 300 g/mol. The number of aliphatic hydroxyl groups is 5. The van der Waals surface area contributed by atoms with Gasteiger partial charge in [-0.05, 0) is 0 Å². The maximum Gasteiger partial charge on any atom is 0.472 e. The van der Waals surface area contributed by atoms with Crippen LogP contribution in [-0.4, -0.2) is 73.7 Å². The topological polar surface area (TPSA) is 157 Å². The Bertz CT molecular complexity index is 346. The third kappa shape index (κ3) is 3.82. The van der Waals surface area contributed by atoms with Crippen LogP contribution in [0.2, 0.25) is 0 Å². The number of phosphoric ester groups is 1. The van der Waals surface area contributed by atoms with E-state index < -0.39 is 44.4 Å². The van der Waals surface area contributed by atoms with Gasteiger partial charge in [-0.25, -0.2) is 4.57 Å². The predicted octanol–water partition coefficient (Wildman–Crippen LogP) is -2.51. The Kier molecular flexibility index (Phi) is 5.63. The summed E-state index contributed by atoms with van der Waals surface area (Å²) in [7, 11) is -4.62. The van der Waals surface area contributed by atoms with E-state index in [1.54, 1.807) is 0 Å². The fourth-order valence-electron chi connectivity index (χ4n) is 1.65. The molecule has 1 rings (SSSR count). The van der Waals surface area contributed by atoms with Crippen molar-refractivity contribution in [3.8, 4) is 0 Å². The smallest absolute Gasteiger partial charge is 0.387 e. The van der Waals surface area contributed by atoms with E-state index in [0.717, 1.165) is 0 Å². The minimum absolute atomic E-state index is 0.319. The van der Waals surface area contributed by atoms with Gasteiger partial charge in [0, 0.05) is 0 Å². The first-order valence-electron chi connectivity index (χ1n) is 5.38. The minimum atomic E-state index is -4.62. The van der Waals surface area contributed by atoms with Gasteiger partial charge in [0.15, 0.2) is 0 Å². The number of phosphoric acid groups is 1. The number of hydrogen-bond acceptors (Lipinski definition) is 8. The van der Waals surface area contributed by atoms with Crippen LogP contribution in [0, 0.1) is 0 Å². The highest BCUT2D eigenvalue weighted by Crippen LogP contribution is 2.46. The van der Waals surface area contributed by atoms with Crippen LogP contribution in [0.1, 0.15) is 0 Å². The maximum atomic E-state index is 11.4. The zero-order valence-corrected chi connectivity index (χ0v) is 10.7. The van der Waals surface area contributed by atoms with Crippen molar-refractivity contribution in [3.05, 3.63) is 12.7 Å². The standard InChI is InChI=1S/C9H17O9P/c1-2-3-17-19(15,16)18-9-7(13)5(11)4(10)6(12)8(9)14/h2,4-14H,1,3H2,(H,15,16)/t4?,5-,6+,7-,8-,9?/m1/s1. The van der Waals surface area contributed by atoms with Crippen molar-refractivity contribution in [2.45, 2.75) is 36.6 Å². The lowest BCUT2D eigenvalue weighted by molar-refractivity contribution is -0.219. The molecule has 1 saturated carbocycles. The second-order valence-electron chi connectivity index (χ2n) is 4.08. The Balaban J connectivity index is 2.80. The molecule has 1 fully saturated rings. The highest BCUT2D eigenvalue weighted by atomic mass is 31.2. The van der Waals surface area contributed by atoms with Crippen molar-refractivity contribution in [2.24, 2.45) is 0 Å². The van der Waals surface area contributed by atoms with Gasteiger partial charge in [-0.1, -0.05) is 6.08 Å². The fraction of sp³-hybridized carbons (Fsp3) is 0.778. The van der Waals surface area contributed by atoms with E-state index >= 15 is 0 Å². The maximum absolute atomic E-state index is 11.4. The summed E-state index contributed by atoms with van der Waals surface area (Å²) in [6, 6.07) is 0. The van der Waals surface area contributed by atoms with Crippen molar-refractivity contribution >= 4 is 7.82 Å². The first-order chi connectivity index (χ1) is 8.71. The Morgan fingerprint density at radius 1 is 1.00 bits per heavy atom. The van der Waals surface area contributed by atoms with Gasteiger partial charge >= 0.3 is 7.82 Å². The largest absolute Gasteiger partial charge is 0.472 e. The fourth-order valence-corrected chi connectivity index (χ4v) is 2.56. The molecule has 3 unspecified atom stereocenters. The lowest BCUT2D eigenvalue weighted by Gasteiger charge is -2.41. The summed E-state index contributed by atoms with van der Waals surface area (Å²) < 4.78 is 20.3. The van der Waals surface area contributed by atoms with Gasteiger partial charge < -0.3 is 30.4 Å². The molecule has 0 spiro atoms. The normalized spacial score (nSPS) is 42.6. The first-order valence-corrected chi connectivity index (χ1v) is 6.88. The van der Waals surface area contributed by atoms with E-state index in [4.69, 9.17) is 0 Å². The van der Waals surface area contributed by atoms with E-state index in [9.17, 15) is 35.0 Å². The molecule has 0 aliphatic heterocycles. The van der Waals surface area contributed by atoms with Crippen molar-refractivity contribution in [1.82, 2.24) is 0 Å². The van der Waals surface area contributed by atoms with Crippen LogP contribution in [0.15, 0.2) is 12.7 Å². The average Bonchev–Trinajstić information content (AvgIpc) is 2.37. The van der Waals surface area contributed by atoms with Crippen LogP contribution in [0.25, 0.3) is 0 Å². The molecular weight excluding hydrogens is 283 g/mol. The third-order valence-electron chi connectivity index (χ3n) is 2.68. The first kappa shape index (κ1) is 16.7. The van der Waals surface area contributed by atoms with E-state index in [2.05, 4.69) is 15.6 Å². The molecule has 0 bridgehead atoms. The highest BCUT2D eigenvalue weighted by Gasteiger charge is 2.51. The Hall–Kier alpha value is -0.350. The molecule has 0 aromatic heterocycles. The van der Waals surface area contributed by atoms with Gasteiger partial charge in [0.05, 0.1) is 6.61 Å². The van der Waals surface area contributed by atoms with Gasteiger partial charge in [-0.2, -0.15) is 0 Å². The van der Waals surface area contributed by atoms with Crippen LogP contribution in [0.4, 0.5) is 0 Å². The molecule has 0 saturated heterocycles. The Morgan fingerprint density at radius 3 is 1.84 bits per heavy atom. The molecule has 0 heterocycles. The molecule has 112 valence electrons. The molecule has 6 N–H and O–H groups in total. The summed E-state index contributed by atoms with van der Waals surface area (Å²) >= 11 is 0. The molecule has 19 heavy (non-hydrogen) atoms. The van der Waals surface area contributed by atoms with Crippen molar-refractivity contribution < 1.29 is 44.0 Å². The van der Waals surface area contributed by atoms with Gasteiger partial charge in [0.2, 0.25) is 0 Å². The molecule has 0 aromatic rings.